The van der Waals surface area contributed by atoms with Crippen molar-refractivity contribution in [2.24, 2.45) is 0 Å². The standard InChI is InChI=1S/C16H15N3O2/c1-12-4-2-7-16(21)19(12)9-8-15(20)18-14-6-3-5-13(10-14)11-17/h2-7,10H,8-9H2,1H3,(H,18,20). The maximum Gasteiger partial charge on any atom is 0.250 e. The third-order valence-corrected chi connectivity index (χ3v) is 3.11. The molecule has 5 heteroatoms. The molecule has 2 rings (SSSR count). The number of aryl methyl sites for hydroxylation is 1. The number of nitriles is 1. The molecule has 0 aliphatic rings. The highest BCUT2D eigenvalue weighted by molar-refractivity contribution is 5.90. The zero-order valence-electron chi connectivity index (χ0n) is 11.7. The van der Waals surface area contributed by atoms with E-state index < -0.39 is 0 Å². The number of pyridine rings is 1. The number of hydrogen-bond acceptors (Lipinski definition) is 3. The Morgan fingerprint density at radius 2 is 2.05 bits per heavy atom. The Kier molecular flexibility index (Phi) is 4.52. The first-order chi connectivity index (χ1) is 10.1. The van der Waals surface area contributed by atoms with Crippen molar-refractivity contribution in [3.63, 3.8) is 0 Å². The molecule has 0 unspecified atom stereocenters. The largest absolute Gasteiger partial charge is 0.326 e. The molecule has 1 aromatic carbocycles. The Hall–Kier alpha value is -2.87. The van der Waals surface area contributed by atoms with Crippen LogP contribution in [0.2, 0.25) is 0 Å². The molecule has 0 atom stereocenters. The molecule has 2 aromatic rings. The molecule has 106 valence electrons. The van der Waals surface area contributed by atoms with Gasteiger partial charge in [0.05, 0.1) is 11.6 Å². The van der Waals surface area contributed by atoms with Gasteiger partial charge >= 0.3 is 0 Å². The lowest BCUT2D eigenvalue weighted by molar-refractivity contribution is -0.116. The van der Waals surface area contributed by atoms with Crippen LogP contribution in [0, 0.1) is 18.3 Å². The number of benzene rings is 1. The van der Waals surface area contributed by atoms with Gasteiger partial charge in [0.2, 0.25) is 5.91 Å². The van der Waals surface area contributed by atoms with E-state index in [1.54, 1.807) is 34.9 Å². The van der Waals surface area contributed by atoms with Crippen LogP contribution >= 0.6 is 0 Å². The highest BCUT2D eigenvalue weighted by atomic mass is 16.1. The summed E-state index contributed by atoms with van der Waals surface area (Å²) >= 11 is 0. The van der Waals surface area contributed by atoms with E-state index in [-0.39, 0.29) is 17.9 Å². The van der Waals surface area contributed by atoms with Gasteiger partial charge in [-0.25, -0.2) is 0 Å². The number of rotatable bonds is 4. The van der Waals surface area contributed by atoms with Gasteiger partial charge in [0.25, 0.3) is 5.56 Å². The van der Waals surface area contributed by atoms with Crippen molar-refractivity contribution in [1.29, 1.82) is 5.26 Å². The number of amides is 1. The predicted octanol–water partition coefficient (Wildman–Crippen LogP) is 2.06. The molecular formula is C16H15N3O2. The summed E-state index contributed by atoms with van der Waals surface area (Å²) in [7, 11) is 0. The van der Waals surface area contributed by atoms with Crippen molar-refractivity contribution in [3.8, 4) is 6.07 Å². The molecule has 1 N–H and O–H groups in total. The molecule has 0 bridgehead atoms. The van der Waals surface area contributed by atoms with E-state index in [4.69, 9.17) is 5.26 Å². The van der Waals surface area contributed by atoms with E-state index in [1.165, 1.54) is 6.07 Å². The van der Waals surface area contributed by atoms with Gasteiger partial charge in [-0.05, 0) is 31.2 Å². The van der Waals surface area contributed by atoms with Crippen molar-refractivity contribution in [2.75, 3.05) is 5.32 Å². The van der Waals surface area contributed by atoms with Gasteiger partial charge in [-0.2, -0.15) is 5.26 Å². The SMILES string of the molecule is Cc1cccc(=O)n1CCC(=O)Nc1cccc(C#N)c1. The molecule has 0 aliphatic heterocycles. The normalized spacial score (nSPS) is 9.90. The highest BCUT2D eigenvalue weighted by Crippen LogP contribution is 2.10. The molecule has 21 heavy (non-hydrogen) atoms. The third-order valence-electron chi connectivity index (χ3n) is 3.11. The fraction of sp³-hybridized carbons (Fsp3) is 0.188. The first kappa shape index (κ1) is 14.5. The quantitative estimate of drug-likeness (QED) is 0.932. The number of aromatic nitrogens is 1. The second-order valence-corrected chi connectivity index (χ2v) is 4.65. The summed E-state index contributed by atoms with van der Waals surface area (Å²) in [5, 5.41) is 11.5. The van der Waals surface area contributed by atoms with Crippen molar-refractivity contribution < 1.29 is 4.79 Å². The molecule has 0 saturated heterocycles. The molecular weight excluding hydrogens is 266 g/mol. The van der Waals surface area contributed by atoms with Gasteiger partial charge in [-0.3, -0.25) is 9.59 Å². The summed E-state index contributed by atoms with van der Waals surface area (Å²) in [6.07, 6.45) is 0.196. The van der Waals surface area contributed by atoms with Crippen molar-refractivity contribution in [1.82, 2.24) is 4.57 Å². The van der Waals surface area contributed by atoms with Gasteiger partial charge in [-0.15, -0.1) is 0 Å². The van der Waals surface area contributed by atoms with Crippen molar-refractivity contribution in [2.45, 2.75) is 19.9 Å². The summed E-state index contributed by atoms with van der Waals surface area (Å²) < 4.78 is 1.56. The van der Waals surface area contributed by atoms with Crippen molar-refractivity contribution in [3.05, 3.63) is 64.1 Å². The fourth-order valence-corrected chi connectivity index (χ4v) is 2.01. The van der Waals surface area contributed by atoms with Crippen LogP contribution in [-0.2, 0) is 11.3 Å². The minimum Gasteiger partial charge on any atom is -0.326 e. The summed E-state index contributed by atoms with van der Waals surface area (Å²) in [6.45, 7) is 2.16. The van der Waals surface area contributed by atoms with Crippen LogP contribution in [0.5, 0.6) is 0 Å². The molecule has 0 aliphatic carbocycles. The lowest BCUT2D eigenvalue weighted by atomic mass is 10.2. The number of hydrogen-bond donors (Lipinski definition) is 1. The van der Waals surface area contributed by atoms with E-state index in [0.29, 0.717) is 17.8 Å². The predicted molar refractivity (Wildman–Crippen MR) is 79.8 cm³/mol. The van der Waals surface area contributed by atoms with Gasteiger partial charge in [0.15, 0.2) is 0 Å². The molecule has 0 spiro atoms. The fourth-order valence-electron chi connectivity index (χ4n) is 2.01. The van der Waals surface area contributed by atoms with E-state index in [0.717, 1.165) is 5.69 Å². The van der Waals surface area contributed by atoms with E-state index in [1.807, 2.05) is 19.1 Å². The van der Waals surface area contributed by atoms with Crippen LogP contribution in [0.1, 0.15) is 17.7 Å². The molecule has 0 fully saturated rings. The zero-order chi connectivity index (χ0) is 15.2. The number of nitrogens with zero attached hydrogens (tertiary/aromatic N) is 2. The minimum atomic E-state index is -0.194. The molecule has 1 heterocycles. The average Bonchev–Trinajstić information content (AvgIpc) is 2.47. The van der Waals surface area contributed by atoms with E-state index in [9.17, 15) is 9.59 Å². The van der Waals surface area contributed by atoms with Gasteiger partial charge in [0.1, 0.15) is 0 Å². The third kappa shape index (κ3) is 3.80. The van der Waals surface area contributed by atoms with Gasteiger partial charge in [0, 0.05) is 30.4 Å². The Labute approximate surface area is 122 Å². The van der Waals surface area contributed by atoms with Crippen LogP contribution < -0.4 is 10.9 Å². The smallest absolute Gasteiger partial charge is 0.250 e. The van der Waals surface area contributed by atoms with Gasteiger partial charge in [-0.1, -0.05) is 12.1 Å². The lowest BCUT2D eigenvalue weighted by Gasteiger charge is -2.09. The average molecular weight is 281 g/mol. The van der Waals surface area contributed by atoms with E-state index in [2.05, 4.69) is 5.32 Å². The van der Waals surface area contributed by atoms with Gasteiger partial charge < -0.3 is 9.88 Å². The minimum absolute atomic E-state index is 0.116. The summed E-state index contributed by atoms with van der Waals surface area (Å²) in [4.78, 5) is 23.6. The second-order valence-electron chi connectivity index (χ2n) is 4.65. The molecule has 0 saturated carbocycles. The zero-order valence-corrected chi connectivity index (χ0v) is 11.7. The molecule has 1 aromatic heterocycles. The Morgan fingerprint density at radius 1 is 1.29 bits per heavy atom. The second kappa shape index (κ2) is 6.53. The summed E-state index contributed by atoms with van der Waals surface area (Å²) in [5.41, 5.74) is 1.77. The molecule has 1 amide bonds. The number of carbonyl (C=O) groups is 1. The Balaban J connectivity index is 1.99. The summed E-state index contributed by atoms with van der Waals surface area (Å²) in [6, 6.07) is 13.7. The Morgan fingerprint density at radius 3 is 2.76 bits per heavy atom. The molecule has 0 radical (unpaired) electrons. The first-order valence-electron chi connectivity index (χ1n) is 6.56. The monoisotopic (exact) mass is 281 g/mol. The topological polar surface area (TPSA) is 74.9 Å². The van der Waals surface area contributed by atoms with Crippen LogP contribution in [0.25, 0.3) is 0 Å². The maximum atomic E-state index is 11.9. The van der Waals surface area contributed by atoms with Crippen LogP contribution in [-0.4, -0.2) is 10.5 Å². The number of nitrogens with one attached hydrogen (secondary N) is 1. The molecule has 5 nitrogen and oxygen atoms in total. The number of carbonyl (C=O) groups excluding carboxylic acids is 1. The van der Waals surface area contributed by atoms with Crippen LogP contribution in [0.4, 0.5) is 5.69 Å². The van der Waals surface area contributed by atoms with E-state index >= 15 is 0 Å². The lowest BCUT2D eigenvalue weighted by Crippen LogP contribution is -2.24. The summed E-state index contributed by atoms with van der Waals surface area (Å²) in [5.74, 6) is -0.194. The number of anilines is 1. The Bertz CT molecular complexity index is 757. The maximum absolute atomic E-state index is 11.9. The van der Waals surface area contributed by atoms with Crippen LogP contribution in [0.3, 0.4) is 0 Å². The highest BCUT2D eigenvalue weighted by Gasteiger charge is 2.05. The first-order valence-corrected chi connectivity index (χ1v) is 6.56. The van der Waals surface area contributed by atoms with Crippen LogP contribution in [0.15, 0.2) is 47.3 Å². The van der Waals surface area contributed by atoms with Crippen molar-refractivity contribution >= 4 is 11.6 Å².